The van der Waals surface area contributed by atoms with E-state index < -0.39 is 0 Å². The van der Waals surface area contributed by atoms with E-state index >= 15 is 0 Å². The Bertz CT molecular complexity index is 802. The van der Waals surface area contributed by atoms with Crippen molar-refractivity contribution in [3.8, 4) is 0 Å². The summed E-state index contributed by atoms with van der Waals surface area (Å²) in [6, 6.07) is 21.2. The summed E-state index contributed by atoms with van der Waals surface area (Å²) in [5, 5.41) is 0. The Morgan fingerprint density at radius 1 is 0.900 bits per heavy atom. The average Bonchev–Trinajstić information content (AvgIpc) is 2.77. The van der Waals surface area contributed by atoms with Crippen LogP contribution < -0.4 is 0 Å². The second kappa shape index (κ2) is 9.43. The zero-order valence-corrected chi connectivity index (χ0v) is 17.6. The van der Waals surface area contributed by atoms with E-state index in [4.69, 9.17) is 4.74 Å². The Balaban J connectivity index is 1.36. The van der Waals surface area contributed by atoms with Crippen LogP contribution in [-0.2, 0) is 14.3 Å². The molecule has 0 aliphatic carbocycles. The van der Waals surface area contributed by atoms with E-state index in [1.807, 2.05) is 24.0 Å². The molecule has 0 atom stereocenters. The quantitative estimate of drug-likeness (QED) is 0.689. The lowest BCUT2D eigenvalue weighted by Gasteiger charge is -2.46. The highest BCUT2D eigenvalue weighted by Crippen LogP contribution is 2.35. The van der Waals surface area contributed by atoms with Crippen molar-refractivity contribution in [3.05, 3.63) is 71.8 Å². The van der Waals surface area contributed by atoms with Crippen molar-refractivity contribution in [1.29, 1.82) is 0 Å². The molecule has 30 heavy (non-hydrogen) atoms. The predicted octanol–water partition coefficient (Wildman–Crippen LogP) is 3.51. The van der Waals surface area contributed by atoms with Crippen molar-refractivity contribution in [1.82, 2.24) is 9.80 Å². The van der Waals surface area contributed by atoms with Crippen LogP contribution in [0, 0.1) is 11.8 Å². The van der Waals surface area contributed by atoms with E-state index in [9.17, 15) is 9.59 Å². The maximum atomic E-state index is 13.0. The predicted molar refractivity (Wildman–Crippen MR) is 116 cm³/mol. The van der Waals surface area contributed by atoms with Gasteiger partial charge in [-0.2, -0.15) is 0 Å². The highest BCUT2D eigenvalue weighted by atomic mass is 16.5. The van der Waals surface area contributed by atoms with Crippen LogP contribution in [0.2, 0.25) is 0 Å². The third-order valence-electron chi connectivity index (χ3n) is 6.28. The van der Waals surface area contributed by atoms with Gasteiger partial charge in [0, 0.05) is 26.2 Å². The molecule has 0 aromatic heterocycles. The molecule has 4 rings (SSSR count). The maximum Gasteiger partial charge on any atom is 0.309 e. The van der Waals surface area contributed by atoms with E-state index in [0.29, 0.717) is 32.5 Å². The first-order valence-corrected chi connectivity index (χ1v) is 11.0. The normalized spacial score (nSPS) is 18.3. The first-order valence-electron chi connectivity index (χ1n) is 11.0. The van der Waals surface area contributed by atoms with Crippen LogP contribution in [-0.4, -0.2) is 54.5 Å². The number of rotatable bonds is 6. The molecule has 0 N–H and O–H groups in total. The maximum absolute atomic E-state index is 13.0. The van der Waals surface area contributed by atoms with Crippen molar-refractivity contribution in [2.45, 2.75) is 25.8 Å². The molecule has 2 aliphatic rings. The number of ether oxygens (including phenoxy) is 1. The Hall–Kier alpha value is -2.66. The number of hydrogen-bond donors (Lipinski definition) is 0. The van der Waals surface area contributed by atoms with Crippen molar-refractivity contribution >= 4 is 11.9 Å². The lowest BCUT2D eigenvalue weighted by atomic mass is 9.88. The largest absolute Gasteiger partial charge is 0.466 e. The molecular formula is C25H30N2O3. The lowest BCUT2D eigenvalue weighted by Crippen LogP contribution is -2.56. The molecule has 2 aliphatic heterocycles. The minimum absolute atomic E-state index is 0.0408. The van der Waals surface area contributed by atoms with Gasteiger partial charge in [-0.05, 0) is 30.9 Å². The second-order valence-electron chi connectivity index (χ2n) is 8.23. The summed E-state index contributed by atoms with van der Waals surface area (Å²) in [5.74, 6) is 0.0907. The Morgan fingerprint density at radius 2 is 1.43 bits per heavy atom. The van der Waals surface area contributed by atoms with Gasteiger partial charge in [0.1, 0.15) is 0 Å². The number of amides is 1. The van der Waals surface area contributed by atoms with Gasteiger partial charge in [-0.15, -0.1) is 0 Å². The van der Waals surface area contributed by atoms with E-state index in [-0.39, 0.29) is 29.8 Å². The van der Waals surface area contributed by atoms with Crippen LogP contribution in [0.4, 0.5) is 0 Å². The number of likely N-dealkylation sites (tertiary alicyclic amines) is 2. The molecule has 2 saturated heterocycles. The molecule has 158 valence electrons. The summed E-state index contributed by atoms with van der Waals surface area (Å²) in [6.07, 6.45) is 1.41. The zero-order valence-electron chi connectivity index (χ0n) is 17.6. The SMILES string of the molecule is CCOC(=O)C1CCN(C(=O)C2CN(C(c3ccccc3)c3ccccc3)C2)CC1. The monoisotopic (exact) mass is 406 g/mol. The molecule has 5 heteroatoms. The number of carbonyl (C=O) groups is 2. The topological polar surface area (TPSA) is 49.9 Å². The molecule has 2 heterocycles. The molecule has 1 amide bonds. The first kappa shape index (κ1) is 20.6. The Labute approximate surface area is 178 Å². The van der Waals surface area contributed by atoms with Crippen molar-refractivity contribution < 1.29 is 14.3 Å². The van der Waals surface area contributed by atoms with E-state index in [0.717, 1.165) is 13.1 Å². The van der Waals surface area contributed by atoms with Crippen LogP contribution in [0.1, 0.15) is 36.9 Å². The van der Waals surface area contributed by atoms with Crippen LogP contribution in [0.25, 0.3) is 0 Å². The average molecular weight is 407 g/mol. The summed E-state index contributed by atoms with van der Waals surface area (Å²) < 4.78 is 5.13. The van der Waals surface area contributed by atoms with Gasteiger partial charge in [0.25, 0.3) is 0 Å². The fraction of sp³-hybridized carbons (Fsp3) is 0.440. The second-order valence-corrected chi connectivity index (χ2v) is 8.23. The van der Waals surface area contributed by atoms with Gasteiger partial charge in [-0.25, -0.2) is 0 Å². The molecule has 5 nitrogen and oxygen atoms in total. The molecule has 0 saturated carbocycles. The number of benzene rings is 2. The third-order valence-corrected chi connectivity index (χ3v) is 6.28. The Morgan fingerprint density at radius 3 is 1.93 bits per heavy atom. The fourth-order valence-corrected chi connectivity index (χ4v) is 4.62. The molecule has 0 radical (unpaired) electrons. The van der Waals surface area contributed by atoms with Gasteiger partial charge < -0.3 is 9.64 Å². The summed E-state index contributed by atoms with van der Waals surface area (Å²) in [4.78, 5) is 29.3. The minimum Gasteiger partial charge on any atom is -0.466 e. The van der Waals surface area contributed by atoms with E-state index in [1.54, 1.807) is 0 Å². The highest BCUT2D eigenvalue weighted by molar-refractivity contribution is 5.81. The minimum atomic E-state index is -0.118. The first-order chi connectivity index (χ1) is 14.7. The highest BCUT2D eigenvalue weighted by Gasteiger charge is 2.40. The van der Waals surface area contributed by atoms with Crippen LogP contribution in [0.3, 0.4) is 0 Å². The molecular weight excluding hydrogens is 376 g/mol. The van der Waals surface area contributed by atoms with Gasteiger partial charge in [-0.3, -0.25) is 14.5 Å². The number of esters is 1. The molecule has 2 aromatic rings. The van der Waals surface area contributed by atoms with Crippen molar-refractivity contribution in [2.24, 2.45) is 11.8 Å². The molecule has 0 spiro atoms. The van der Waals surface area contributed by atoms with Gasteiger partial charge in [0.05, 0.1) is 24.5 Å². The number of piperidine rings is 1. The lowest BCUT2D eigenvalue weighted by molar-refractivity contribution is -0.153. The zero-order chi connectivity index (χ0) is 20.9. The van der Waals surface area contributed by atoms with E-state index in [1.165, 1.54) is 11.1 Å². The van der Waals surface area contributed by atoms with Gasteiger partial charge >= 0.3 is 5.97 Å². The number of hydrogen-bond acceptors (Lipinski definition) is 4. The van der Waals surface area contributed by atoms with Crippen molar-refractivity contribution in [3.63, 3.8) is 0 Å². The fourth-order valence-electron chi connectivity index (χ4n) is 4.62. The summed E-state index contributed by atoms with van der Waals surface area (Å²) in [7, 11) is 0. The molecule has 2 aromatic carbocycles. The Kier molecular flexibility index (Phi) is 6.48. The third kappa shape index (κ3) is 4.41. The van der Waals surface area contributed by atoms with Gasteiger partial charge in [0.15, 0.2) is 0 Å². The van der Waals surface area contributed by atoms with E-state index in [2.05, 4.69) is 53.4 Å². The summed E-state index contributed by atoms with van der Waals surface area (Å²) in [5.41, 5.74) is 2.51. The standard InChI is InChI=1S/C25H30N2O3/c1-2-30-25(29)21-13-15-26(16-14-21)24(28)22-17-27(18-22)23(19-9-5-3-6-10-19)20-11-7-4-8-12-20/h3-12,21-23H,2,13-18H2,1H3. The van der Waals surface area contributed by atoms with Crippen molar-refractivity contribution in [2.75, 3.05) is 32.8 Å². The van der Waals surface area contributed by atoms with Gasteiger partial charge in [0.2, 0.25) is 5.91 Å². The van der Waals surface area contributed by atoms with Crippen LogP contribution >= 0.6 is 0 Å². The molecule has 2 fully saturated rings. The molecule has 0 bridgehead atoms. The summed E-state index contributed by atoms with van der Waals surface area (Å²) in [6.45, 7) is 5.09. The van der Waals surface area contributed by atoms with Crippen LogP contribution in [0.5, 0.6) is 0 Å². The number of carbonyl (C=O) groups excluding carboxylic acids is 2. The summed E-state index contributed by atoms with van der Waals surface area (Å²) >= 11 is 0. The van der Waals surface area contributed by atoms with Gasteiger partial charge in [-0.1, -0.05) is 60.7 Å². The number of nitrogens with zero attached hydrogens (tertiary/aromatic N) is 2. The molecule has 0 unspecified atom stereocenters. The smallest absolute Gasteiger partial charge is 0.309 e. The van der Waals surface area contributed by atoms with Crippen LogP contribution in [0.15, 0.2) is 60.7 Å².